The average Bonchev–Trinajstić information content (AvgIpc) is 3.07. The fourth-order valence-electron chi connectivity index (χ4n) is 7.98. The third kappa shape index (κ3) is 2.67. The summed E-state index contributed by atoms with van der Waals surface area (Å²) in [7, 11) is 0. The maximum absolute atomic E-state index is 2.34. The third-order valence-electron chi connectivity index (χ3n) is 9.55. The summed E-state index contributed by atoms with van der Waals surface area (Å²) in [5.74, 6) is 0. The molecule has 42 heavy (non-hydrogen) atoms. The molecule has 0 saturated heterocycles. The Balaban J connectivity index is 1.76. The van der Waals surface area contributed by atoms with E-state index in [1.165, 1.54) is 97.0 Å². The summed E-state index contributed by atoms with van der Waals surface area (Å²) in [6, 6.07) is 54.1. The van der Waals surface area contributed by atoms with Crippen molar-refractivity contribution in [2.45, 2.75) is 0 Å². The Bertz CT molecular complexity index is 2250. The Morgan fingerprint density at radius 1 is 0.143 bits per heavy atom. The molecule has 0 N–H and O–H groups in total. The van der Waals surface area contributed by atoms with Gasteiger partial charge in [-0.2, -0.15) is 0 Å². The van der Waals surface area contributed by atoms with E-state index in [-0.39, 0.29) is 0 Å². The predicted molar refractivity (Wildman–Crippen MR) is 184 cm³/mol. The minimum absolute atomic E-state index is 1.31. The molecule has 0 aromatic heterocycles. The van der Waals surface area contributed by atoms with Crippen LogP contribution in [0.25, 0.3) is 97.0 Å². The van der Waals surface area contributed by atoms with Gasteiger partial charge in [0.05, 0.1) is 0 Å². The summed E-state index contributed by atoms with van der Waals surface area (Å²) >= 11 is 0. The second-order valence-electron chi connectivity index (χ2n) is 11.5. The molecule has 0 saturated carbocycles. The second kappa shape index (κ2) is 8.06. The molecule has 0 aliphatic heterocycles. The average molecular weight is 529 g/mol. The van der Waals surface area contributed by atoms with Crippen LogP contribution in [0.2, 0.25) is 0 Å². The smallest absolute Gasteiger partial charge is 0.000718 e. The first-order chi connectivity index (χ1) is 20.9. The quantitative estimate of drug-likeness (QED) is 0.172. The molecule has 0 heteroatoms. The van der Waals surface area contributed by atoms with E-state index in [1.807, 2.05) is 0 Å². The van der Waals surface area contributed by atoms with Crippen LogP contribution < -0.4 is 0 Å². The Labute approximate surface area is 242 Å². The van der Waals surface area contributed by atoms with Gasteiger partial charge in [0, 0.05) is 0 Å². The molecular weight excluding hydrogens is 504 g/mol. The Morgan fingerprint density at radius 2 is 0.262 bits per heavy atom. The molecule has 10 aromatic carbocycles. The molecule has 0 heterocycles. The van der Waals surface area contributed by atoms with Gasteiger partial charge in [-0.05, 0) is 97.0 Å². The highest BCUT2D eigenvalue weighted by Crippen LogP contribution is 2.51. The first-order valence-electron chi connectivity index (χ1n) is 14.7. The summed E-state index contributed by atoms with van der Waals surface area (Å²) < 4.78 is 0. The number of hydrogen-bond donors (Lipinski definition) is 0. The van der Waals surface area contributed by atoms with Gasteiger partial charge in [0.15, 0.2) is 0 Å². The van der Waals surface area contributed by atoms with Crippen LogP contribution in [-0.4, -0.2) is 0 Å². The zero-order chi connectivity index (χ0) is 27.4. The summed E-state index contributed by atoms with van der Waals surface area (Å²) in [5, 5.41) is 23.9. The maximum Gasteiger partial charge on any atom is -0.000718 e. The second-order valence-corrected chi connectivity index (χ2v) is 11.5. The first kappa shape index (κ1) is 22.3. The van der Waals surface area contributed by atoms with Gasteiger partial charge in [-0.25, -0.2) is 0 Å². The van der Waals surface area contributed by atoms with Crippen molar-refractivity contribution in [3.05, 3.63) is 146 Å². The molecule has 0 radical (unpaired) electrons. The summed E-state index contributed by atoms with van der Waals surface area (Å²) in [6.07, 6.45) is 0. The SMILES string of the molecule is c1ccc2c(c1)c1ccccc1c1c2c2c3ccccc3c3ccccc3c2c2c3ccccc3c3ccccc3c12. The van der Waals surface area contributed by atoms with Crippen molar-refractivity contribution < 1.29 is 0 Å². The van der Waals surface area contributed by atoms with Crippen LogP contribution in [0.5, 0.6) is 0 Å². The van der Waals surface area contributed by atoms with E-state index in [0.29, 0.717) is 0 Å². The predicted octanol–water partition coefficient (Wildman–Crippen LogP) is 12.1. The number of benzene rings is 10. The minimum atomic E-state index is 1.31. The molecule has 192 valence electrons. The van der Waals surface area contributed by atoms with Gasteiger partial charge in [0.2, 0.25) is 0 Å². The molecule has 0 amide bonds. The van der Waals surface area contributed by atoms with E-state index < -0.39 is 0 Å². The van der Waals surface area contributed by atoms with Crippen LogP contribution in [0.3, 0.4) is 0 Å². The molecule has 0 aliphatic rings. The van der Waals surface area contributed by atoms with Crippen molar-refractivity contribution >= 4 is 97.0 Å². The van der Waals surface area contributed by atoms with Crippen LogP contribution in [0.1, 0.15) is 0 Å². The topological polar surface area (TPSA) is 0 Å². The van der Waals surface area contributed by atoms with Crippen molar-refractivity contribution in [1.82, 2.24) is 0 Å². The molecule has 10 aromatic rings. The van der Waals surface area contributed by atoms with Gasteiger partial charge in [-0.1, -0.05) is 146 Å². The van der Waals surface area contributed by atoms with Crippen molar-refractivity contribution in [3.63, 3.8) is 0 Å². The number of hydrogen-bond acceptors (Lipinski definition) is 0. The lowest BCUT2D eigenvalue weighted by Crippen LogP contribution is -1.93. The van der Waals surface area contributed by atoms with E-state index in [0.717, 1.165) is 0 Å². The van der Waals surface area contributed by atoms with E-state index in [2.05, 4.69) is 146 Å². The summed E-state index contributed by atoms with van der Waals surface area (Å²) in [4.78, 5) is 0. The van der Waals surface area contributed by atoms with Gasteiger partial charge in [-0.15, -0.1) is 0 Å². The number of rotatable bonds is 0. The standard InChI is InChI=1S/C42H24/c1-7-19-31-25(13-1)26-14-2-8-20-32(26)38-37(31)39-33-21-9-3-15-27(33)28-16-5-11-23-35(28)41(39)42-36-24-12-6-18-30(36)29-17-4-10-22-34(29)40(38)42/h1-24H. The summed E-state index contributed by atoms with van der Waals surface area (Å²) in [5.41, 5.74) is 0. The van der Waals surface area contributed by atoms with Gasteiger partial charge < -0.3 is 0 Å². The largest absolute Gasteiger partial charge is 0.0616 e. The molecular formula is C42H24. The van der Waals surface area contributed by atoms with Crippen molar-refractivity contribution in [3.8, 4) is 0 Å². The van der Waals surface area contributed by atoms with E-state index in [4.69, 9.17) is 0 Å². The van der Waals surface area contributed by atoms with Crippen LogP contribution in [0.4, 0.5) is 0 Å². The van der Waals surface area contributed by atoms with Crippen molar-refractivity contribution in [2.24, 2.45) is 0 Å². The molecule has 0 spiro atoms. The Kier molecular flexibility index (Phi) is 4.27. The molecule has 0 nitrogen and oxygen atoms in total. The first-order valence-corrected chi connectivity index (χ1v) is 14.7. The molecule has 0 bridgehead atoms. The van der Waals surface area contributed by atoms with Gasteiger partial charge in [0.25, 0.3) is 0 Å². The van der Waals surface area contributed by atoms with Gasteiger partial charge in [-0.3, -0.25) is 0 Å². The Hall–Kier alpha value is -5.46. The van der Waals surface area contributed by atoms with E-state index >= 15 is 0 Å². The highest BCUT2D eigenvalue weighted by molar-refractivity contribution is 6.51. The fraction of sp³-hybridized carbons (Fsp3) is 0. The van der Waals surface area contributed by atoms with E-state index in [1.54, 1.807) is 0 Å². The van der Waals surface area contributed by atoms with Gasteiger partial charge >= 0.3 is 0 Å². The van der Waals surface area contributed by atoms with Crippen LogP contribution in [-0.2, 0) is 0 Å². The van der Waals surface area contributed by atoms with Crippen molar-refractivity contribution in [2.75, 3.05) is 0 Å². The third-order valence-corrected chi connectivity index (χ3v) is 9.55. The molecule has 0 aliphatic carbocycles. The monoisotopic (exact) mass is 528 g/mol. The van der Waals surface area contributed by atoms with Crippen molar-refractivity contribution in [1.29, 1.82) is 0 Å². The van der Waals surface area contributed by atoms with Gasteiger partial charge in [0.1, 0.15) is 0 Å². The molecule has 0 fully saturated rings. The van der Waals surface area contributed by atoms with Crippen LogP contribution in [0.15, 0.2) is 146 Å². The highest BCUT2D eigenvalue weighted by Gasteiger charge is 2.22. The Morgan fingerprint density at radius 3 is 0.405 bits per heavy atom. The lowest BCUT2D eigenvalue weighted by atomic mass is 9.80. The maximum atomic E-state index is 2.34. The molecule has 0 atom stereocenters. The van der Waals surface area contributed by atoms with Crippen LogP contribution in [0, 0.1) is 0 Å². The molecule has 0 unspecified atom stereocenters. The normalized spacial score (nSPS) is 12.3. The van der Waals surface area contributed by atoms with Crippen LogP contribution >= 0.6 is 0 Å². The highest BCUT2D eigenvalue weighted by atomic mass is 14.2. The van der Waals surface area contributed by atoms with E-state index in [9.17, 15) is 0 Å². The molecule has 10 rings (SSSR count). The fourth-order valence-corrected chi connectivity index (χ4v) is 7.98. The lowest BCUT2D eigenvalue weighted by molar-refractivity contribution is 1.78. The number of fused-ring (bicyclic) bond motifs is 21. The lowest BCUT2D eigenvalue weighted by Gasteiger charge is -2.22. The zero-order valence-corrected chi connectivity index (χ0v) is 22.9. The summed E-state index contributed by atoms with van der Waals surface area (Å²) in [6.45, 7) is 0. The minimum Gasteiger partial charge on any atom is -0.0616 e. The zero-order valence-electron chi connectivity index (χ0n) is 22.9.